The summed E-state index contributed by atoms with van der Waals surface area (Å²) in [7, 11) is 3.90. The van der Waals surface area contributed by atoms with Gasteiger partial charge in [-0.1, -0.05) is 6.92 Å². The van der Waals surface area contributed by atoms with Crippen molar-refractivity contribution < 1.29 is 9.21 Å². The summed E-state index contributed by atoms with van der Waals surface area (Å²) >= 11 is 0. The largest absolute Gasteiger partial charge is 0.444 e. The topological polar surface area (TPSA) is 83.3 Å². The highest BCUT2D eigenvalue weighted by atomic mass is 16.4. The summed E-state index contributed by atoms with van der Waals surface area (Å²) in [6.07, 6.45) is 4.21. The molecule has 0 bridgehead atoms. The van der Waals surface area contributed by atoms with Gasteiger partial charge in [0.15, 0.2) is 0 Å². The zero-order valence-electron chi connectivity index (χ0n) is 14.5. The van der Waals surface area contributed by atoms with Crippen LogP contribution in [0.25, 0.3) is 10.8 Å². The van der Waals surface area contributed by atoms with Crippen molar-refractivity contribution in [3.8, 4) is 0 Å². The molecule has 7 nitrogen and oxygen atoms in total. The molecule has 7 heteroatoms. The monoisotopic (exact) mass is 339 g/mol. The van der Waals surface area contributed by atoms with Crippen LogP contribution < -0.4 is 15.5 Å². The second-order valence-electron chi connectivity index (χ2n) is 5.85. The molecule has 2 amide bonds. The number of urea groups is 1. The number of aromatic nitrogens is 2. The maximum atomic E-state index is 12.1. The number of amides is 2. The van der Waals surface area contributed by atoms with E-state index < -0.39 is 0 Å². The van der Waals surface area contributed by atoms with Crippen molar-refractivity contribution in [2.75, 3.05) is 24.3 Å². The molecule has 3 aromatic rings. The lowest BCUT2D eigenvalue weighted by molar-refractivity contribution is 0.250. The smallest absolute Gasteiger partial charge is 0.319 e. The van der Waals surface area contributed by atoms with Crippen molar-refractivity contribution in [2.45, 2.75) is 19.9 Å². The minimum Gasteiger partial charge on any atom is -0.444 e. The van der Waals surface area contributed by atoms with E-state index in [-0.39, 0.29) is 12.6 Å². The molecule has 0 aliphatic carbocycles. The predicted molar refractivity (Wildman–Crippen MR) is 97.8 cm³/mol. The molecular formula is C18H21N5O2. The Bertz CT molecular complexity index is 888. The molecule has 0 radical (unpaired) electrons. The van der Waals surface area contributed by atoms with Crippen LogP contribution in [0.4, 0.5) is 16.3 Å². The summed E-state index contributed by atoms with van der Waals surface area (Å²) < 4.78 is 5.46. The summed E-state index contributed by atoms with van der Waals surface area (Å²) in [6.45, 7) is 2.23. The lowest BCUT2D eigenvalue weighted by Gasteiger charge is -2.14. The predicted octanol–water partition coefficient (Wildman–Crippen LogP) is 3.17. The summed E-state index contributed by atoms with van der Waals surface area (Å²) in [6, 6.07) is 7.35. The fourth-order valence-electron chi connectivity index (χ4n) is 2.52. The molecule has 0 atom stereocenters. The van der Waals surface area contributed by atoms with Gasteiger partial charge < -0.3 is 20.0 Å². The third kappa shape index (κ3) is 3.88. The van der Waals surface area contributed by atoms with Crippen LogP contribution in [0.1, 0.15) is 18.6 Å². The van der Waals surface area contributed by atoms with Gasteiger partial charge in [-0.15, -0.1) is 0 Å². The molecule has 0 fully saturated rings. The molecule has 0 aliphatic rings. The van der Waals surface area contributed by atoms with Crippen molar-refractivity contribution in [2.24, 2.45) is 0 Å². The first-order valence-corrected chi connectivity index (χ1v) is 8.11. The Kier molecular flexibility index (Phi) is 4.83. The Morgan fingerprint density at radius 2 is 2.08 bits per heavy atom. The Morgan fingerprint density at radius 3 is 2.80 bits per heavy atom. The van der Waals surface area contributed by atoms with E-state index in [9.17, 15) is 4.79 Å². The summed E-state index contributed by atoms with van der Waals surface area (Å²) in [5.41, 5.74) is 0.711. The standard InChI is InChI=1S/C18H21N5O2/c1-4-14-10-20-16(25-14)11-21-18(24)22-13-5-6-15-12(9-13)7-8-19-17(15)23(2)3/h5-10H,4,11H2,1-3H3,(H2,21,22,24). The second-order valence-corrected chi connectivity index (χ2v) is 5.85. The minimum absolute atomic E-state index is 0.244. The van der Waals surface area contributed by atoms with E-state index in [0.717, 1.165) is 28.8 Å². The highest BCUT2D eigenvalue weighted by Crippen LogP contribution is 2.25. The van der Waals surface area contributed by atoms with Crippen LogP contribution in [0.15, 0.2) is 41.1 Å². The highest BCUT2D eigenvalue weighted by molar-refractivity contribution is 5.97. The first-order chi connectivity index (χ1) is 12.1. The zero-order chi connectivity index (χ0) is 17.8. The number of carbonyl (C=O) groups is 1. The van der Waals surface area contributed by atoms with Crippen LogP contribution in [0, 0.1) is 0 Å². The van der Waals surface area contributed by atoms with Crippen molar-refractivity contribution in [3.05, 3.63) is 48.3 Å². The van der Waals surface area contributed by atoms with Crippen LogP contribution in [0.3, 0.4) is 0 Å². The van der Waals surface area contributed by atoms with E-state index in [1.165, 1.54) is 0 Å². The molecule has 0 saturated heterocycles. The second kappa shape index (κ2) is 7.21. The molecule has 25 heavy (non-hydrogen) atoms. The Hall–Kier alpha value is -3.09. The number of carbonyl (C=O) groups excluding carboxylic acids is 1. The highest BCUT2D eigenvalue weighted by Gasteiger charge is 2.08. The lowest BCUT2D eigenvalue weighted by atomic mass is 10.1. The molecule has 0 saturated carbocycles. The lowest BCUT2D eigenvalue weighted by Crippen LogP contribution is -2.28. The summed E-state index contributed by atoms with van der Waals surface area (Å²) in [5.74, 6) is 2.19. The number of fused-ring (bicyclic) bond motifs is 1. The maximum absolute atomic E-state index is 12.1. The van der Waals surface area contributed by atoms with Gasteiger partial charge in [0.05, 0.1) is 12.7 Å². The van der Waals surface area contributed by atoms with Gasteiger partial charge in [0.2, 0.25) is 5.89 Å². The van der Waals surface area contributed by atoms with Gasteiger partial charge >= 0.3 is 6.03 Å². The number of benzene rings is 1. The molecule has 130 valence electrons. The third-order valence-electron chi connectivity index (χ3n) is 3.77. The van der Waals surface area contributed by atoms with Gasteiger partial charge in [-0.3, -0.25) is 0 Å². The number of hydrogen-bond acceptors (Lipinski definition) is 5. The van der Waals surface area contributed by atoms with Crippen LogP contribution in [-0.2, 0) is 13.0 Å². The zero-order valence-corrected chi connectivity index (χ0v) is 14.5. The number of nitrogens with one attached hydrogen (secondary N) is 2. The first kappa shape index (κ1) is 16.8. The summed E-state index contributed by atoms with van der Waals surface area (Å²) in [5, 5.41) is 7.60. The van der Waals surface area contributed by atoms with E-state index >= 15 is 0 Å². The van der Waals surface area contributed by atoms with E-state index in [1.807, 2.05) is 50.2 Å². The average molecular weight is 339 g/mol. The van der Waals surface area contributed by atoms with Crippen LogP contribution in [0.2, 0.25) is 0 Å². The molecular weight excluding hydrogens is 318 g/mol. The number of aryl methyl sites for hydroxylation is 1. The molecule has 0 spiro atoms. The van der Waals surface area contributed by atoms with E-state index in [0.29, 0.717) is 11.6 Å². The van der Waals surface area contributed by atoms with Crippen molar-refractivity contribution in [1.82, 2.24) is 15.3 Å². The molecule has 3 rings (SSSR count). The third-order valence-corrected chi connectivity index (χ3v) is 3.77. The molecule has 2 N–H and O–H groups in total. The molecule has 0 aliphatic heterocycles. The molecule has 2 heterocycles. The van der Waals surface area contributed by atoms with Gasteiger partial charge in [0, 0.05) is 37.8 Å². The Morgan fingerprint density at radius 1 is 1.24 bits per heavy atom. The van der Waals surface area contributed by atoms with E-state index in [1.54, 1.807) is 12.4 Å². The van der Waals surface area contributed by atoms with E-state index in [2.05, 4.69) is 20.6 Å². The van der Waals surface area contributed by atoms with Gasteiger partial charge in [-0.25, -0.2) is 14.8 Å². The van der Waals surface area contributed by atoms with Gasteiger partial charge in [-0.05, 0) is 29.7 Å². The van der Waals surface area contributed by atoms with E-state index in [4.69, 9.17) is 4.42 Å². The Labute approximate surface area is 146 Å². The first-order valence-electron chi connectivity index (χ1n) is 8.11. The summed E-state index contributed by atoms with van der Waals surface area (Å²) in [4.78, 5) is 22.5. The van der Waals surface area contributed by atoms with Crippen molar-refractivity contribution in [3.63, 3.8) is 0 Å². The minimum atomic E-state index is -0.308. The number of hydrogen-bond donors (Lipinski definition) is 2. The Balaban J connectivity index is 1.66. The van der Waals surface area contributed by atoms with Gasteiger partial charge in [0.1, 0.15) is 11.6 Å². The quantitative estimate of drug-likeness (QED) is 0.746. The number of rotatable bonds is 5. The van der Waals surface area contributed by atoms with Gasteiger partial charge in [-0.2, -0.15) is 0 Å². The normalized spacial score (nSPS) is 10.7. The van der Waals surface area contributed by atoms with Crippen LogP contribution in [0.5, 0.6) is 0 Å². The van der Waals surface area contributed by atoms with Gasteiger partial charge in [0.25, 0.3) is 0 Å². The number of oxazole rings is 1. The average Bonchev–Trinajstić information content (AvgIpc) is 3.07. The molecule has 1 aromatic carbocycles. The SMILES string of the molecule is CCc1cnc(CNC(=O)Nc2ccc3c(N(C)C)nccc3c2)o1. The van der Waals surface area contributed by atoms with Crippen molar-refractivity contribution >= 4 is 28.3 Å². The number of anilines is 2. The fraction of sp³-hybridized carbons (Fsp3) is 0.278. The van der Waals surface area contributed by atoms with Crippen molar-refractivity contribution in [1.29, 1.82) is 0 Å². The number of pyridine rings is 1. The molecule has 2 aromatic heterocycles. The molecule has 0 unspecified atom stereocenters. The maximum Gasteiger partial charge on any atom is 0.319 e. The van der Waals surface area contributed by atoms with Crippen LogP contribution in [-0.4, -0.2) is 30.1 Å². The number of nitrogens with zero attached hydrogens (tertiary/aromatic N) is 3. The van der Waals surface area contributed by atoms with Crippen LogP contribution >= 0.6 is 0 Å². The fourth-order valence-corrected chi connectivity index (χ4v) is 2.52.